The quantitative estimate of drug-likeness (QED) is 0.398. The molecule has 1 aliphatic rings. The fourth-order valence-electron chi connectivity index (χ4n) is 4.28. The minimum absolute atomic E-state index is 0.00421. The normalized spacial score (nSPS) is 15.4. The largest absolute Gasteiger partial charge is 0.330 e. The van der Waals surface area contributed by atoms with Gasteiger partial charge in [-0.1, -0.05) is 41.9 Å². The third-order valence-electron chi connectivity index (χ3n) is 5.76. The Morgan fingerprint density at radius 1 is 1.12 bits per heavy atom. The van der Waals surface area contributed by atoms with Crippen molar-refractivity contribution in [3.05, 3.63) is 91.8 Å². The van der Waals surface area contributed by atoms with Gasteiger partial charge in [0.15, 0.2) is 0 Å². The molecule has 2 heterocycles. The van der Waals surface area contributed by atoms with Gasteiger partial charge in [0.2, 0.25) is 5.91 Å². The molecule has 4 rings (SSSR count). The first-order valence-corrected chi connectivity index (χ1v) is 12.7. The smallest absolute Gasteiger partial charge is 0.254 e. The second-order valence-corrected chi connectivity index (χ2v) is 10.6. The van der Waals surface area contributed by atoms with Crippen molar-refractivity contribution >= 4 is 39.1 Å². The molecule has 1 aliphatic heterocycles. The number of amides is 2. The van der Waals surface area contributed by atoms with Crippen molar-refractivity contribution in [2.24, 2.45) is 5.92 Å². The SMILES string of the molecule is CC(C)CN(CC(=O)N1CCc2sccc2C1c1ccc(F)cc1)C(=O)c1ccc(Br)cc1. The van der Waals surface area contributed by atoms with Gasteiger partial charge in [-0.05, 0) is 71.3 Å². The minimum atomic E-state index is -0.304. The highest BCUT2D eigenvalue weighted by atomic mass is 79.9. The van der Waals surface area contributed by atoms with Crippen LogP contribution in [-0.2, 0) is 11.2 Å². The number of carbonyl (C=O) groups excluding carboxylic acids is 2. The maximum Gasteiger partial charge on any atom is 0.254 e. The van der Waals surface area contributed by atoms with E-state index < -0.39 is 0 Å². The first-order valence-electron chi connectivity index (χ1n) is 11.0. The number of carbonyl (C=O) groups is 2. The van der Waals surface area contributed by atoms with Crippen LogP contribution >= 0.6 is 27.3 Å². The van der Waals surface area contributed by atoms with E-state index in [9.17, 15) is 14.0 Å². The Hall–Kier alpha value is -2.51. The van der Waals surface area contributed by atoms with E-state index in [1.807, 2.05) is 42.3 Å². The Kier molecular flexibility index (Phi) is 7.29. The zero-order valence-electron chi connectivity index (χ0n) is 18.6. The van der Waals surface area contributed by atoms with Gasteiger partial charge in [-0.2, -0.15) is 0 Å². The van der Waals surface area contributed by atoms with E-state index in [0.29, 0.717) is 18.7 Å². The van der Waals surface area contributed by atoms with Crippen LogP contribution in [0.4, 0.5) is 4.39 Å². The number of hydrogen-bond acceptors (Lipinski definition) is 3. The van der Waals surface area contributed by atoms with Crippen molar-refractivity contribution in [3.8, 4) is 0 Å². The molecule has 0 saturated carbocycles. The molecule has 3 aromatic rings. The van der Waals surface area contributed by atoms with E-state index >= 15 is 0 Å². The number of hydrogen-bond donors (Lipinski definition) is 0. The molecule has 0 saturated heterocycles. The molecule has 1 aromatic heterocycles. The van der Waals surface area contributed by atoms with Crippen LogP contribution < -0.4 is 0 Å². The van der Waals surface area contributed by atoms with Crippen molar-refractivity contribution in [3.63, 3.8) is 0 Å². The molecule has 2 amide bonds. The van der Waals surface area contributed by atoms with Gasteiger partial charge in [-0.3, -0.25) is 9.59 Å². The second-order valence-electron chi connectivity index (χ2n) is 8.68. The predicted molar refractivity (Wildman–Crippen MR) is 133 cm³/mol. The molecule has 172 valence electrons. The van der Waals surface area contributed by atoms with E-state index in [2.05, 4.69) is 15.9 Å². The van der Waals surface area contributed by atoms with Gasteiger partial charge in [-0.15, -0.1) is 11.3 Å². The van der Waals surface area contributed by atoms with Gasteiger partial charge >= 0.3 is 0 Å². The van der Waals surface area contributed by atoms with Gasteiger partial charge in [0.1, 0.15) is 12.4 Å². The summed E-state index contributed by atoms with van der Waals surface area (Å²) in [6.07, 6.45) is 0.779. The Balaban J connectivity index is 1.61. The van der Waals surface area contributed by atoms with Crippen LogP contribution in [0.25, 0.3) is 0 Å². The molecule has 0 bridgehead atoms. The van der Waals surface area contributed by atoms with Gasteiger partial charge in [-0.25, -0.2) is 4.39 Å². The van der Waals surface area contributed by atoms with E-state index in [0.717, 1.165) is 22.0 Å². The van der Waals surface area contributed by atoms with Crippen LogP contribution in [-0.4, -0.2) is 41.2 Å². The molecular weight excluding hydrogens is 503 g/mol. The van der Waals surface area contributed by atoms with Gasteiger partial charge in [0.25, 0.3) is 5.91 Å². The lowest BCUT2D eigenvalue weighted by molar-refractivity contribution is -0.134. The van der Waals surface area contributed by atoms with Crippen molar-refractivity contribution in [2.45, 2.75) is 26.3 Å². The number of thiophene rings is 1. The molecule has 4 nitrogen and oxygen atoms in total. The Labute approximate surface area is 206 Å². The molecule has 0 N–H and O–H groups in total. The number of fused-ring (bicyclic) bond motifs is 1. The van der Waals surface area contributed by atoms with Crippen molar-refractivity contribution in [1.29, 1.82) is 0 Å². The summed E-state index contributed by atoms with van der Waals surface area (Å²) in [5.74, 6) is -0.348. The highest BCUT2D eigenvalue weighted by molar-refractivity contribution is 9.10. The van der Waals surface area contributed by atoms with Crippen LogP contribution in [0.15, 0.2) is 64.5 Å². The first-order chi connectivity index (χ1) is 15.8. The maximum atomic E-state index is 13.6. The summed E-state index contributed by atoms with van der Waals surface area (Å²) >= 11 is 5.09. The molecule has 0 radical (unpaired) electrons. The lowest BCUT2D eigenvalue weighted by Crippen LogP contribution is -2.47. The van der Waals surface area contributed by atoms with E-state index in [1.165, 1.54) is 17.0 Å². The predicted octanol–water partition coefficient (Wildman–Crippen LogP) is 5.92. The Morgan fingerprint density at radius 3 is 2.48 bits per heavy atom. The summed E-state index contributed by atoms with van der Waals surface area (Å²) in [7, 11) is 0. The lowest BCUT2D eigenvalue weighted by Gasteiger charge is -2.38. The maximum absolute atomic E-state index is 13.6. The van der Waals surface area contributed by atoms with Crippen molar-refractivity contribution in [2.75, 3.05) is 19.6 Å². The average Bonchev–Trinajstić information content (AvgIpc) is 3.27. The fraction of sp³-hybridized carbons (Fsp3) is 0.308. The Morgan fingerprint density at radius 2 is 1.82 bits per heavy atom. The number of benzene rings is 2. The first kappa shape index (κ1) is 23.6. The molecule has 2 aromatic carbocycles. The molecule has 1 atom stereocenters. The van der Waals surface area contributed by atoms with E-state index in [1.54, 1.807) is 40.5 Å². The zero-order chi connectivity index (χ0) is 23.5. The second kappa shape index (κ2) is 10.2. The molecule has 0 spiro atoms. The number of halogens is 2. The fourth-order valence-corrected chi connectivity index (χ4v) is 5.45. The number of nitrogens with zero attached hydrogens (tertiary/aromatic N) is 2. The third-order valence-corrected chi connectivity index (χ3v) is 7.29. The zero-order valence-corrected chi connectivity index (χ0v) is 21.0. The average molecular weight is 529 g/mol. The Bertz CT molecular complexity index is 1130. The van der Waals surface area contributed by atoms with Gasteiger partial charge in [0, 0.05) is 28.0 Å². The summed E-state index contributed by atoms with van der Waals surface area (Å²) in [6, 6.07) is 15.3. The highest BCUT2D eigenvalue weighted by Crippen LogP contribution is 2.38. The summed E-state index contributed by atoms with van der Waals surface area (Å²) < 4.78 is 14.5. The summed E-state index contributed by atoms with van der Waals surface area (Å²) in [6.45, 7) is 5.12. The summed E-state index contributed by atoms with van der Waals surface area (Å²) in [5, 5.41) is 2.04. The standard InChI is InChI=1S/C26H26BrFN2O2S/c1-17(2)15-29(26(32)19-3-7-20(27)8-4-19)16-24(31)30-13-11-23-22(12-14-33-23)25(30)18-5-9-21(28)10-6-18/h3-10,12,14,17,25H,11,13,15-16H2,1-2H3. The van der Waals surface area contributed by atoms with Gasteiger partial charge < -0.3 is 9.80 Å². The summed E-state index contributed by atoms with van der Waals surface area (Å²) in [4.78, 5) is 31.6. The van der Waals surface area contributed by atoms with Crippen molar-refractivity contribution < 1.29 is 14.0 Å². The van der Waals surface area contributed by atoms with Crippen LogP contribution in [0, 0.1) is 11.7 Å². The van der Waals surface area contributed by atoms with Crippen molar-refractivity contribution in [1.82, 2.24) is 9.80 Å². The monoisotopic (exact) mass is 528 g/mol. The minimum Gasteiger partial charge on any atom is -0.330 e. The summed E-state index contributed by atoms with van der Waals surface area (Å²) in [5.41, 5.74) is 2.51. The molecule has 1 unspecified atom stereocenters. The van der Waals surface area contributed by atoms with Crippen LogP contribution in [0.1, 0.15) is 46.3 Å². The molecule has 0 aliphatic carbocycles. The van der Waals surface area contributed by atoms with E-state index in [-0.39, 0.29) is 36.1 Å². The molecule has 33 heavy (non-hydrogen) atoms. The molecule has 0 fully saturated rings. The topological polar surface area (TPSA) is 40.6 Å². The molecule has 7 heteroatoms. The van der Waals surface area contributed by atoms with Crippen LogP contribution in [0.2, 0.25) is 0 Å². The number of rotatable bonds is 6. The third kappa shape index (κ3) is 5.36. The van der Waals surface area contributed by atoms with E-state index in [4.69, 9.17) is 0 Å². The lowest BCUT2D eigenvalue weighted by atomic mass is 9.93. The van der Waals surface area contributed by atoms with Crippen LogP contribution in [0.5, 0.6) is 0 Å². The van der Waals surface area contributed by atoms with Gasteiger partial charge in [0.05, 0.1) is 6.04 Å². The molecular formula is C26H26BrFN2O2S. The van der Waals surface area contributed by atoms with Crippen LogP contribution in [0.3, 0.4) is 0 Å². The highest BCUT2D eigenvalue weighted by Gasteiger charge is 2.34.